The number of hydrogen-bond donors (Lipinski definition) is 0. The first kappa shape index (κ1) is 13.5. The van der Waals surface area contributed by atoms with Crippen molar-refractivity contribution in [3.63, 3.8) is 0 Å². The predicted molar refractivity (Wildman–Crippen MR) is 77.0 cm³/mol. The molecular formula is C14H12BrNO3. The lowest BCUT2D eigenvalue weighted by Crippen LogP contribution is -1.93. The van der Waals surface area contributed by atoms with Crippen LogP contribution in [0.25, 0.3) is 0 Å². The second-order valence-electron chi connectivity index (χ2n) is 4.10. The molecule has 98 valence electrons. The van der Waals surface area contributed by atoms with Crippen molar-refractivity contribution in [3.8, 4) is 11.5 Å². The molecule has 0 amide bonds. The molecule has 19 heavy (non-hydrogen) atoms. The lowest BCUT2D eigenvalue weighted by Gasteiger charge is -2.10. The van der Waals surface area contributed by atoms with E-state index in [2.05, 4.69) is 15.9 Å². The summed E-state index contributed by atoms with van der Waals surface area (Å²) in [6, 6.07) is 12.2. The molecule has 0 fully saturated rings. The number of benzene rings is 2. The van der Waals surface area contributed by atoms with Gasteiger partial charge in [0.2, 0.25) is 0 Å². The van der Waals surface area contributed by atoms with Crippen molar-refractivity contribution in [1.29, 1.82) is 0 Å². The van der Waals surface area contributed by atoms with E-state index in [0.717, 1.165) is 16.9 Å². The SMILES string of the molecule is Cc1cccc(Oc2ccc([N+](=O)[O-])cc2CBr)c1. The quantitative estimate of drug-likeness (QED) is 0.470. The van der Waals surface area contributed by atoms with Crippen molar-refractivity contribution in [2.75, 3.05) is 0 Å². The number of ether oxygens (including phenoxy) is 1. The van der Waals surface area contributed by atoms with E-state index in [-0.39, 0.29) is 5.69 Å². The van der Waals surface area contributed by atoms with Gasteiger partial charge in [-0.3, -0.25) is 10.1 Å². The third kappa shape index (κ3) is 3.32. The van der Waals surface area contributed by atoms with Crippen LogP contribution < -0.4 is 4.74 Å². The number of non-ortho nitro benzene ring substituents is 1. The molecule has 2 rings (SSSR count). The number of nitrogens with zero attached hydrogens (tertiary/aromatic N) is 1. The second kappa shape index (κ2) is 5.84. The maximum Gasteiger partial charge on any atom is 0.270 e. The molecule has 0 spiro atoms. The standard InChI is InChI=1S/C14H12BrNO3/c1-10-3-2-4-13(7-10)19-14-6-5-12(16(17)18)8-11(14)9-15/h2-8H,9H2,1H3. The first-order valence-corrected chi connectivity index (χ1v) is 6.80. The molecule has 0 radical (unpaired) electrons. The van der Waals surface area contributed by atoms with Gasteiger partial charge >= 0.3 is 0 Å². The first-order chi connectivity index (χ1) is 9.10. The van der Waals surface area contributed by atoms with Gasteiger partial charge in [0.25, 0.3) is 5.69 Å². The van der Waals surface area contributed by atoms with E-state index < -0.39 is 4.92 Å². The average Bonchev–Trinajstić information content (AvgIpc) is 2.39. The molecule has 0 N–H and O–H groups in total. The van der Waals surface area contributed by atoms with E-state index in [4.69, 9.17) is 4.74 Å². The molecule has 4 nitrogen and oxygen atoms in total. The predicted octanol–water partition coefficient (Wildman–Crippen LogP) is 4.59. The molecule has 0 unspecified atom stereocenters. The number of nitro benzene ring substituents is 1. The Bertz CT molecular complexity index is 613. The van der Waals surface area contributed by atoms with Crippen molar-refractivity contribution >= 4 is 21.6 Å². The normalized spacial score (nSPS) is 10.2. The third-order valence-electron chi connectivity index (χ3n) is 2.62. The van der Waals surface area contributed by atoms with E-state index in [9.17, 15) is 10.1 Å². The molecule has 0 aliphatic rings. The summed E-state index contributed by atoms with van der Waals surface area (Å²) in [7, 11) is 0. The summed E-state index contributed by atoms with van der Waals surface area (Å²) in [6.07, 6.45) is 0. The zero-order valence-corrected chi connectivity index (χ0v) is 11.9. The number of halogens is 1. The van der Waals surface area contributed by atoms with E-state index in [1.54, 1.807) is 6.07 Å². The minimum absolute atomic E-state index is 0.0612. The molecule has 0 saturated heterocycles. The van der Waals surface area contributed by atoms with Gasteiger partial charge in [0.15, 0.2) is 0 Å². The monoisotopic (exact) mass is 321 g/mol. The average molecular weight is 322 g/mol. The minimum Gasteiger partial charge on any atom is -0.457 e. The van der Waals surface area contributed by atoms with Crippen LogP contribution in [-0.4, -0.2) is 4.92 Å². The van der Waals surface area contributed by atoms with Gasteiger partial charge in [0, 0.05) is 23.0 Å². The van der Waals surface area contributed by atoms with Crippen LogP contribution >= 0.6 is 15.9 Å². The molecule has 0 heterocycles. The zero-order chi connectivity index (χ0) is 13.8. The number of rotatable bonds is 4. The largest absolute Gasteiger partial charge is 0.457 e. The first-order valence-electron chi connectivity index (χ1n) is 5.68. The summed E-state index contributed by atoms with van der Waals surface area (Å²) in [5.74, 6) is 1.34. The van der Waals surface area contributed by atoms with Crippen LogP contribution in [0.3, 0.4) is 0 Å². The smallest absolute Gasteiger partial charge is 0.270 e. The van der Waals surface area contributed by atoms with Crippen molar-refractivity contribution in [1.82, 2.24) is 0 Å². The second-order valence-corrected chi connectivity index (χ2v) is 4.66. The Morgan fingerprint density at radius 2 is 2.05 bits per heavy atom. The van der Waals surface area contributed by atoms with Gasteiger partial charge in [-0.15, -0.1) is 0 Å². The Hall–Kier alpha value is -1.88. The Morgan fingerprint density at radius 3 is 2.68 bits per heavy atom. The Balaban J connectivity index is 2.32. The fourth-order valence-corrected chi connectivity index (χ4v) is 2.13. The highest BCUT2D eigenvalue weighted by Gasteiger charge is 2.11. The maximum absolute atomic E-state index is 10.7. The zero-order valence-electron chi connectivity index (χ0n) is 10.3. The third-order valence-corrected chi connectivity index (χ3v) is 3.22. The van der Waals surface area contributed by atoms with Crippen LogP contribution in [0.4, 0.5) is 5.69 Å². The Kier molecular flexibility index (Phi) is 4.16. The Labute approximate surface area is 119 Å². The van der Waals surface area contributed by atoms with Gasteiger partial charge in [0.05, 0.1) is 4.92 Å². The van der Waals surface area contributed by atoms with Gasteiger partial charge in [-0.2, -0.15) is 0 Å². The molecule has 0 bridgehead atoms. The van der Waals surface area contributed by atoms with E-state index in [1.807, 2.05) is 31.2 Å². The molecule has 0 aliphatic carbocycles. The molecule has 2 aromatic carbocycles. The lowest BCUT2D eigenvalue weighted by atomic mass is 10.2. The molecular weight excluding hydrogens is 310 g/mol. The molecule has 0 aliphatic heterocycles. The minimum atomic E-state index is -0.414. The summed E-state index contributed by atoms with van der Waals surface area (Å²) >= 11 is 3.32. The van der Waals surface area contributed by atoms with Crippen LogP contribution in [0.2, 0.25) is 0 Å². The summed E-state index contributed by atoms with van der Waals surface area (Å²) in [5, 5.41) is 11.2. The highest BCUT2D eigenvalue weighted by molar-refractivity contribution is 9.08. The molecule has 0 saturated carbocycles. The summed E-state index contributed by atoms with van der Waals surface area (Å²) in [6.45, 7) is 1.98. The van der Waals surface area contributed by atoms with E-state index in [0.29, 0.717) is 11.1 Å². The fraction of sp³-hybridized carbons (Fsp3) is 0.143. The van der Waals surface area contributed by atoms with Gasteiger partial charge in [-0.1, -0.05) is 28.1 Å². The maximum atomic E-state index is 10.7. The van der Waals surface area contributed by atoms with Crippen LogP contribution in [0.1, 0.15) is 11.1 Å². The molecule has 5 heteroatoms. The Morgan fingerprint density at radius 1 is 1.26 bits per heavy atom. The van der Waals surface area contributed by atoms with Gasteiger partial charge in [-0.25, -0.2) is 0 Å². The molecule has 0 aromatic heterocycles. The molecule has 0 atom stereocenters. The summed E-state index contributed by atoms with van der Waals surface area (Å²) in [4.78, 5) is 10.3. The van der Waals surface area contributed by atoms with Gasteiger partial charge in [-0.05, 0) is 30.7 Å². The lowest BCUT2D eigenvalue weighted by molar-refractivity contribution is -0.384. The van der Waals surface area contributed by atoms with E-state index in [1.165, 1.54) is 12.1 Å². The summed E-state index contributed by atoms with van der Waals surface area (Å²) in [5.41, 5.74) is 1.90. The van der Waals surface area contributed by atoms with Crippen molar-refractivity contribution in [2.45, 2.75) is 12.3 Å². The van der Waals surface area contributed by atoms with Crippen LogP contribution in [-0.2, 0) is 5.33 Å². The van der Waals surface area contributed by atoms with Crippen LogP contribution in [0, 0.1) is 17.0 Å². The van der Waals surface area contributed by atoms with Crippen molar-refractivity contribution in [2.24, 2.45) is 0 Å². The summed E-state index contributed by atoms with van der Waals surface area (Å²) < 4.78 is 5.76. The number of nitro groups is 1. The number of aryl methyl sites for hydroxylation is 1. The highest BCUT2D eigenvalue weighted by Crippen LogP contribution is 2.30. The van der Waals surface area contributed by atoms with Crippen LogP contribution in [0.15, 0.2) is 42.5 Å². The highest BCUT2D eigenvalue weighted by atomic mass is 79.9. The van der Waals surface area contributed by atoms with Gasteiger partial charge in [0.1, 0.15) is 11.5 Å². The number of hydrogen-bond acceptors (Lipinski definition) is 3. The van der Waals surface area contributed by atoms with Crippen LogP contribution in [0.5, 0.6) is 11.5 Å². The number of alkyl halides is 1. The van der Waals surface area contributed by atoms with Crippen molar-refractivity contribution < 1.29 is 9.66 Å². The van der Waals surface area contributed by atoms with Gasteiger partial charge < -0.3 is 4.74 Å². The topological polar surface area (TPSA) is 52.4 Å². The molecule has 2 aromatic rings. The fourth-order valence-electron chi connectivity index (χ4n) is 1.69. The van der Waals surface area contributed by atoms with Crippen molar-refractivity contribution in [3.05, 3.63) is 63.7 Å². The van der Waals surface area contributed by atoms with E-state index >= 15 is 0 Å².